The minimum Gasteiger partial charge on any atom is -0.390 e. The van der Waals surface area contributed by atoms with Crippen molar-refractivity contribution in [3.63, 3.8) is 0 Å². The quantitative estimate of drug-likeness (QED) is 0.896. The normalized spacial score (nSPS) is 19.4. The van der Waals surface area contributed by atoms with Crippen LogP contribution in [0.1, 0.15) is 31.2 Å². The van der Waals surface area contributed by atoms with Gasteiger partial charge in [0.1, 0.15) is 5.78 Å². The van der Waals surface area contributed by atoms with E-state index in [-0.39, 0.29) is 5.78 Å². The first-order valence-corrected chi connectivity index (χ1v) is 6.42. The van der Waals surface area contributed by atoms with Crippen molar-refractivity contribution in [2.75, 3.05) is 0 Å². The van der Waals surface area contributed by atoms with E-state index in [4.69, 9.17) is 23.2 Å². The third-order valence-electron chi connectivity index (χ3n) is 3.26. The summed E-state index contributed by atoms with van der Waals surface area (Å²) in [5, 5.41) is 11.4. The first kappa shape index (κ1) is 12.9. The van der Waals surface area contributed by atoms with E-state index in [0.29, 0.717) is 42.1 Å². The third kappa shape index (κ3) is 3.21. The Morgan fingerprint density at radius 3 is 2.41 bits per heavy atom. The first-order valence-electron chi connectivity index (χ1n) is 5.67. The number of ketones is 1. The van der Waals surface area contributed by atoms with E-state index in [1.54, 1.807) is 12.1 Å². The summed E-state index contributed by atoms with van der Waals surface area (Å²) in [5.41, 5.74) is 0.182. The van der Waals surface area contributed by atoms with Crippen LogP contribution in [-0.2, 0) is 11.2 Å². The number of benzene rings is 1. The predicted octanol–water partition coefficient (Wildman–Crippen LogP) is 3.41. The van der Waals surface area contributed by atoms with Crippen molar-refractivity contribution in [1.29, 1.82) is 0 Å². The Morgan fingerprint density at radius 2 is 1.82 bits per heavy atom. The topological polar surface area (TPSA) is 37.3 Å². The van der Waals surface area contributed by atoms with Crippen molar-refractivity contribution in [2.45, 2.75) is 37.7 Å². The van der Waals surface area contributed by atoms with E-state index < -0.39 is 5.60 Å². The van der Waals surface area contributed by atoms with Gasteiger partial charge >= 0.3 is 0 Å². The molecule has 1 aliphatic rings. The molecule has 0 spiro atoms. The lowest BCUT2D eigenvalue weighted by molar-refractivity contribution is -0.125. The summed E-state index contributed by atoms with van der Waals surface area (Å²) >= 11 is 11.8. The van der Waals surface area contributed by atoms with E-state index in [0.717, 1.165) is 5.56 Å². The van der Waals surface area contributed by atoms with Crippen molar-refractivity contribution < 1.29 is 9.90 Å². The van der Waals surface area contributed by atoms with Crippen molar-refractivity contribution >= 4 is 29.0 Å². The number of halogens is 2. The second-order valence-corrected chi connectivity index (χ2v) is 5.50. The molecule has 2 nitrogen and oxygen atoms in total. The molecular formula is C13H14Cl2O2. The molecule has 0 bridgehead atoms. The molecule has 1 fully saturated rings. The van der Waals surface area contributed by atoms with Crippen LogP contribution in [0.3, 0.4) is 0 Å². The molecular weight excluding hydrogens is 259 g/mol. The molecule has 4 heteroatoms. The van der Waals surface area contributed by atoms with Crippen LogP contribution in [-0.4, -0.2) is 16.5 Å². The van der Waals surface area contributed by atoms with Crippen LogP contribution in [0, 0.1) is 0 Å². The maximum atomic E-state index is 11.2. The Balaban J connectivity index is 2.09. The Kier molecular flexibility index (Phi) is 3.76. The average Bonchev–Trinajstić information content (AvgIpc) is 2.28. The van der Waals surface area contributed by atoms with E-state index >= 15 is 0 Å². The highest BCUT2D eigenvalue weighted by Gasteiger charge is 2.32. The van der Waals surface area contributed by atoms with Gasteiger partial charge in [-0.25, -0.2) is 0 Å². The Hall–Kier alpha value is -0.570. The summed E-state index contributed by atoms with van der Waals surface area (Å²) in [6.45, 7) is 0. The predicted molar refractivity (Wildman–Crippen MR) is 68.6 cm³/mol. The monoisotopic (exact) mass is 272 g/mol. The summed E-state index contributed by atoms with van der Waals surface area (Å²) in [6, 6.07) is 5.37. The van der Waals surface area contributed by atoms with Crippen LogP contribution >= 0.6 is 23.2 Å². The van der Waals surface area contributed by atoms with Crippen LogP contribution in [0.15, 0.2) is 18.2 Å². The van der Waals surface area contributed by atoms with Crippen LogP contribution < -0.4 is 0 Å². The fraction of sp³-hybridized carbons (Fsp3) is 0.462. The highest BCUT2D eigenvalue weighted by Crippen LogP contribution is 2.31. The summed E-state index contributed by atoms with van der Waals surface area (Å²) in [6.07, 6.45) is 2.53. The number of carbonyl (C=O) groups excluding carboxylic acids is 1. The van der Waals surface area contributed by atoms with Crippen molar-refractivity contribution in [1.82, 2.24) is 0 Å². The molecule has 1 aliphatic carbocycles. The van der Waals surface area contributed by atoms with Crippen LogP contribution in [0.4, 0.5) is 0 Å². The Bertz CT molecular complexity index is 433. The molecule has 1 aromatic rings. The van der Waals surface area contributed by atoms with Gasteiger partial charge in [-0.3, -0.25) is 4.79 Å². The Labute approximate surface area is 111 Å². The molecule has 1 aromatic carbocycles. The van der Waals surface area contributed by atoms with Gasteiger partial charge < -0.3 is 5.11 Å². The molecule has 0 saturated heterocycles. The molecule has 1 saturated carbocycles. The average molecular weight is 273 g/mol. The van der Waals surface area contributed by atoms with Crippen molar-refractivity contribution in [3.05, 3.63) is 33.8 Å². The first-order chi connectivity index (χ1) is 7.98. The molecule has 0 unspecified atom stereocenters. The van der Waals surface area contributed by atoms with Gasteiger partial charge in [0.05, 0.1) is 15.6 Å². The summed E-state index contributed by atoms with van der Waals surface area (Å²) in [7, 11) is 0. The van der Waals surface area contributed by atoms with Crippen LogP contribution in [0.25, 0.3) is 0 Å². The third-order valence-corrected chi connectivity index (χ3v) is 3.99. The molecule has 2 rings (SSSR count). The highest BCUT2D eigenvalue weighted by molar-refractivity contribution is 6.42. The van der Waals surface area contributed by atoms with Gasteiger partial charge in [-0.15, -0.1) is 0 Å². The number of rotatable bonds is 2. The zero-order valence-electron chi connectivity index (χ0n) is 9.38. The molecule has 1 N–H and O–H groups in total. The zero-order valence-corrected chi connectivity index (χ0v) is 10.9. The number of aliphatic hydroxyl groups is 1. The molecule has 0 amide bonds. The molecule has 17 heavy (non-hydrogen) atoms. The smallest absolute Gasteiger partial charge is 0.133 e. The molecule has 0 aromatic heterocycles. The number of Topliss-reactive ketones (excluding diaryl/α,β-unsaturated/α-hetero) is 1. The second kappa shape index (κ2) is 4.97. The fourth-order valence-electron chi connectivity index (χ4n) is 2.20. The SMILES string of the molecule is O=C1CCC(O)(Cc2ccc(Cl)c(Cl)c2)CC1. The van der Waals surface area contributed by atoms with Gasteiger partial charge in [0.15, 0.2) is 0 Å². The lowest BCUT2D eigenvalue weighted by Gasteiger charge is -2.31. The number of hydrogen-bond donors (Lipinski definition) is 1. The number of carbonyl (C=O) groups is 1. The zero-order chi connectivity index (χ0) is 12.5. The van der Waals surface area contributed by atoms with E-state index in [2.05, 4.69) is 0 Å². The van der Waals surface area contributed by atoms with Gasteiger partial charge in [0, 0.05) is 19.3 Å². The van der Waals surface area contributed by atoms with Crippen LogP contribution in [0.5, 0.6) is 0 Å². The second-order valence-electron chi connectivity index (χ2n) is 4.69. The van der Waals surface area contributed by atoms with Gasteiger partial charge in [0.25, 0.3) is 0 Å². The molecule has 0 radical (unpaired) electrons. The van der Waals surface area contributed by atoms with E-state index in [1.165, 1.54) is 0 Å². The minimum atomic E-state index is -0.773. The van der Waals surface area contributed by atoms with Gasteiger partial charge in [-0.1, -0.05) is 29.3 Å². The van der Waals surface area contributed by atoms with Gasteiger partial charge in [-0.05, 0) is 30.5 Å². The van der Waals surface area contributed by atoms with Crippen molar-refractivity contribution in [3.8, 4) is 0 Å². The van der Waals surface area contributed by atoms with Gasteiger partial charge in [-0.2, -0.15) is 0 Å². The van der Waals surface area contributed by atoms with Crippen molar-refractivity contribution in [2.24, 2.45) is 0 Å². The highest BCUT2D eigenvalue weighted by atomic mass is 35.5. The van der Waals surface area contributed by atoms with E-state index in [1.807, 2.05) is 6.07 Å². The minimum absolute atomic E-state index is 0.240. The largest absolute Gasteiger partial charge is 0.390 e. The maximum Gasteiger partial charge on any atom is 0.133 e. The summed E-state index contributed by atoms with van der Waals surface area (Å²) in [4.78, 5) is 11.2. The number of hydrogen-bond acceptors (Lipinski definition) is 2. The standard InChI is InChI=1S/C13H14Cl2O2/c14-11-2-1-9(7-12(11)15)8-13(17)5-3-10(16)4-6-13/h1-2,7,17H,3-6,8H2. The summed E-state index contributed by atoms with van der Waals surface area (Å²) in [5.74, 6) is 0.240. The molecule has 0 heterocycles. The fourth-order valence-corrected chi connectivity index (χ4v) is 2.52. The van der Waals surface area contributed by atoms with E-state index in [9.17, 15) is 9.90 Å². The molecule has 0 aliphatic heterocycles. The maximum absolute atomic E-state index is 11.2. The molecule has 0 atom stereocenters. The lowest BCUT2D eigenvalue weighted by Crippen LogP contribution is -2.36. The van der Waals surface area contributed by atoms with Crippen LogP contribution in [0.2, 0.25) is 10.0 Å². The lowest BCUT2D eigenvalue weighted by atomic mass is 9.80. The summed E-state index contributed by atoms with van der Waals surface area (Å²) < 4.78 is 0. The van der Waals surface area contributed by atoms with Gasteiger partial charge in [0.2, 0.25) is 0 Å². The Morgan fingerprint density at radius 1 is 1.18 bits per heavy atom. The molecule has 92 valence electrons.